The van der Waals surface area contributed by atoms with Gasteiger partial charge in [0.1, 0.15) is 0 Å². The van der Waals surface area contributed by atoms with Crippen molar-refractivity contribution in [1.29, 1.82) is 0 Å². The van der Waals surface area contributed by atoms with Gasteiger partial charge in [0.25, 0.3) is 0 Å². The van der Waals surface area contributed by atoms with Crippen LogP contribution in [-0.2, 0) is 16.4 Å². The zero-order valence-corrected chi connectivity index (χ0v) is 14.1. The fraction of sp³-hybridized carbons (Fsp3) is 0.600. The molecule has 4 nitrogen and oxygen atoms in total. The summed E-state index contributed by atoms with van der Waals surface area (Å²) in [6.45, 7) is 2.72. The minimum absolute atomic E-state index is 0.0720. The van der Waals surface area contributed by atoms with E-state index in [9.17, 15) is 8.42 Å². The highest BCUT2D eigenvalue weighted by molar-refractivity contribution is 7.99. The van der Waals surface area contributed by atoms with Crippen LogP contribution in [0.25, 0.3) is 0 Å². The van der Waals surface area contributed by atoms with Gasteiger partial charge in [-0.1, -0.05) is 19.1 Å². The molecule has 21 heavy (non-hydrogen) atoms. The van der Waals surface area contributed by atoms with Gasteiger partial charge in [-0.25, -0.2) is 13.1 Å². The Morgan fingerprint density at radius 3 is 2.62 bits per heavy atom. The summed E-state index contributed by atoms with van der Waals surface area (Å²) < 4.78 is 27.6. The zero-order chi connectivity index (χ0) is 15.3. The molecular weight excluding hydrogens is 304 g/mol. The van der Waals surface area contributed by atoms with Crippen molar-refractivity contribution in [2.45, 2.75) is 48.8 Å². The third-order valence-electron chi connectivity index (χ3n) is 3.78. The molecule has 0 saturated heterocycles. The normalized spacial score (nSPS) is 22.6. The second-order valence-corrected chi connectivity index (χ2v) is 8.68. The summed E-state index contributed by atoms with van der Waals surface area (Å²) >= 11 is 1.93. The Bertz CT molecular complexity index is 543. The topological polar surface area (TPSA) is 72.2 Å². The van der Waals surface area contributed by atoms with E-state index in [0.717, 1.165) is 37.0 Å². The van der Waals surface area contributed by atoms with Crippen molar-refractivity contribution < 1.29 is 8.42 Å². The largest absolute Gasteiger partial charge is 0.330 e. The van der Waals surface area contributed by atoms with Crippen LogP contribution >= 0.6 is 11.8 Å². The molecule has 0 aliphatic heterocycles. The number of hydrogen-bond acceptors (Lipinski definition) is 4. The van der Waals surface area contributed by atoms with Crippen LogP contribution in [-0.4, -0.2) is 32.0 Å². The van der Waals surface area contributed by atoms with Crippen LogP contribution in [0.5, 0.6) is 0 Å². The molecule has 0 radical (unpaired) electrons. The number of rotatable bonds is 7. The van der Waals surface area contributed by atoms with Gasteiger partial charge >= 0.3 is 0 Å². The lowest BCUT2D eigenvalue weighted by Gasteiger charge is -2.14. The predicted molar refractivity (Wildman–Crippen MR) is 89.1 cm³/mol. The number of thioether (sulfide) groups is 1. The third kappa shape index (κ3) is 4.71. The van der Waals surface area contributed by atoms with E-state index in [2.05, 4.69) is 11.6 Å². The SMILES string of the molecule is CCSC1CCC(NS(=O)(=O)c2ccc(CCN)cc2)C1. The molecule has 0 aromatic heterocycles. The Hall–Kier alpha value is -0.560. The van der Waals surface area contributed by atoms with E-state index in [-0.39, 0.29) is 6.04 Å². The van der Waals surface area contributed by atoms with E-state index in [4.69, 9.17) is 5.73 Å². The first kappa shape index (κ1) is 16.8. The lowest BCUT2D eigenvalue weighted by molar-refractivity contribution is 0.552. The Kier molecular flexibility index (Phi) is 6.10. The van der Waals surface area contributed by atoms with Gasteiger partial charge in [-0.05, 0) is 55.7 Å². The van der Waals surface area contributed by atoms with Crippen molar-refractivity contribution in [2.24, 2.45) is 5.73 Å². The maximum absolute atomic E-state index is 12.4. The predicted octanol–water partition coefficient (Wildman–Crippen LogP) is 2.14. The third-order valence-corrected chi connectivity index (χ3v) is 6.54. The molecule has 3 N–H and O–H groups in total. The minimum atomic E-state index is -3.40. The minimum Gasteiger partial charge on any atom is -0.330 e. The highest BCUT2D eigenvalue weighted by Gasteiger charge is 2.28. The quantitative estimate of drug-likeness (QED) is 0.804. The number of benzene rings is 1. The molecule has 1 aliphatic carbocycles. The molecule has 0 spiro atoms. The summed E-state index contributed by atoms with van der Waals surface area (Å²) in [6, 6.07) is 7.08. The highest BCUT2D eigenvalue weighted by Crippen LogP contribution is 2.30. The maximum atomic E-state index is 12.4. The fourth-order valence-electron chi connectivity index (χ4n) is 2.72. The van der Waals surface area contributed by atoms with Gasteiger partial charge in [0, 0.05) is 11.3 Å². The van der Waals surface area contributed by atoms with Crippen LogP contribution in [0.2, 0.25) is 0 Å². The van der Waals surface area contributed by atoms with Crippen LogP contribution in [0.3, 0.4) is 0 Å². The van der Waals surface area contributed by atoms with E-state index >= 15 is 0 Å². The van der Waals surface area contributed by atoms with Crippen LogP contribution in [0.1, 0.15) is 31.7 Å². The van der Waals surface area contributed by atoms with Crippen molar-refractivity contribution in [3.05, 3.63) is 29.8 Å². The van der Waals surface area contributed by atoms with Gasteiger partial charge in [0.05, 0.1) is 4.90 Å². The summed E-state index contributed by atoms with van der Waals surface area (Å²) in [5.41, 5.74) is 6.56. The van der Waals surface area contributed by atoms with Crippen LogP contribution in [0.15, 0.2) is 29.2 Å². The zero-order valence-electron chi connectivity index (χ0n) is 12.4. The number of nitrogens with one attached hydrogen (secondary N) is 1. The second-order valence-electron chi connectivity index (χ2n) is 5.39. The van der Waals surface area contributed by atoms with Crippen molar-refractivity contribution in [3.8, 4) is 0 Å². The molecule has 2 atom stereocenters. The summed E-state index contributed by atoms with van der Waals surface area (Å²) in [5, 5.41) is 0.592. The molecule has 0 amide bonds. The van der Waals surface area contributed by atoms with Crippen LogP contribution < -0.4 is 10.5 Å². The summed E-state index contributed by atoms with van der Waals surface area (Å²) in [4.78, 5) is 0.342. The molecule has 1 aromatic rings. The van der Waals surface area contributed by atoms with Crippen LogP contribution in [0.4, 0.5) is 0 Å². The van der Waals surface area contributed by atoms with Crippen molar-refractivity contribution in [3.63, 3.8) is 0 Å². The van der Waals surface area contributed by atoms with Gasteiger partial charge < -0.3 is 5.73 Å². The monoisotopic (exact) mass is 328 g/mol. The highest BCUT2D eigenvalue weighted by atomic mass is 32.2. The van der Waals surface area contributed by atoms with Gasteiger partial charge in [-0.15, -0.1) is 0 Å². The van der Waals surface area contributed by atoms with Gasteiger partial charge in [-0.3, -0.25) is 0 Å². The van der Waals surface area contributed by atoms with Gasteiger partial charge in [0.2, 0.25) is 10.0 Å². The smallest absolute Gasteiger partial charge is 0.240 e. The lowest BCUT2D eigenvalue weighted by atomic mass is 10.2. The molecule has 1 saturated carbocycles. The number of nitrogens with two attached hydrogens (primary N) is 1. The fourth-order valence-corrected chi connectivity index (χ4v) is 5.15. The summed E-state index contributed by atoms with van der Waals surface area (Å²) in [7, 11) is -3.40. The summed E-state index contributed by atoms with van der Waals surface area (Å²) in [5.74, 6) is 1.09. The molecule has 0 heterocycles. The molecule has 6 heteroatoms. The van der Waals surface area contributed by atoms with Crippen molar-refractivity contribution in [1.82, 2.24) is 4.72 Å². The van der Waals surface area contributed by atoms with Crippen molar-refractivity contribution >= 4 is 21.8 Å². The first-order valence-corrected chi connectivity index (χ1v) is 10.0. The second kappa shape index (κ2) is 7.63. The Labute approximate surface area is 131 Å². The molecule has 1 aromatic carbocycles. The average Bonchev–Trinajstić information content (AvgIpc) is 2.87. The standard InChI is InChI=1S/C15H24N2O2S2/c1-2-20-14-6-5-13(11-14)17-21(18,19)15-7-3-12(4-8-15)9-10-16/h3-4,7-8,13-14,17H,2,5-6,9-11,16H2,1H3. The van der Waals surface area contributed by atoms with E-state index in [0.29, 0.717) is 16.7 Å². The Morgan fingerprint density at radius 2 is 2.00 bits per heavy atom. The molecule has 2 rings (SSSR count). The molecular formula is C15H24N2O2S2. The van der Waals surface area contributed by atoms with Gasteiger partial charge in [0.15, 0.2) is 0 Å². The number of sulfonamides is 1. The molecule has 1 fully saturated rings. The molecule has 1 aliphatic rings. The molecule has 118 valence electrons. The van der Waals surface area contributed by atoms with Crippen molar-refractivity contribution in [2.75, 3.05) is 12.3 Å². The maximum Gasteiger partial charge on any atom is 0.240 e. The first-order chi connectivity index (χ1) is 10.0. The average molecular weight is 329 g/mol. The van der Waals surface area contributed by atoms with E-state index in [1.54, 1.807) is 12.1 Å². The number of hydrogen-bond donors (Lipinski definition) is 2. The molecule has 0 bridgehead atoms. The van der Waals surface area contributed by atoms with Gasteiger partial charge in [-0.2, -0.15) is 11.8 Å². The molecule has 2 unspecified atom stereocenters. The van der Waals surface area contributed by atoms with E-state index in [1.165, 1.54) is 0 Å². The van der Waals surface area contributed by atoms with Crippen LogP contribution in [0, 0.1) is 0 Å². The van der Waals surface area contributed by atoms with E-state index in [1.807, 2.05) is 23.9 Å². The lowest BCUT2D eigenvalue weighted by Crippen LogP contribution is -2.33. The Balaban J connectivity index is 1.98. The van der Waals surface area contributed by atoms with E-state index < -0.39 is 10.0 Å². The Morgan fingerprint density at radius 1 is 1.29 bits per heavy atom. The first-order valence-electron chi connectivity index (χ1n) is 7.48. The summed E-state index contributed by atoms with van der Waals surface area (Å²) in [6.07, 6.45) is 3.73.